The number of sulfonamides is 1. The molecule has 1 fully saturated rings. The van der Waals surface area contributed by atoms with Gasteiger partial charge >= 0.3 is 0 Å². The molecule has 0 bridgehead atoms. The number of benzene rings is 1. The number of nitrogens with zero attached hydrogens (tertiary/aromatic N) is 1. The zero-order valence-corrected chi connectivity index (χ0v) is 15.0. The van der Waals surface area contributed by atoms with E-state index in [-0.39, 0.29) is 17.1 Å². The van der Waals surface area contributed by atoms with Crippen molar-refractivity contribution in [2.24, 2.45) is 0 Å². The summed E-state index contributed by atoms with van der Waals surface area (Å²) in [7, 11) is -3.60. The monoisotopic (exact) mass is 369 g/mol. The first-order valence-electron chi connectivity index (χ1n) is 8.06. The van der Waals surface area contributed by atoms with Crippen LogP contribution in [0.1, 0.15) is 13.3 Å². The van der Waals surface area contributed by atoms with Crippen LogP contribution in [0.4, 0.5) is 5.69 Å². The molecule has 9 heteroatoms. The highest BCUT2D eigenvalue weighted by atomic mass is 32.2. The molecule has 0 unspecified atom stereocenters. The van der Waals surface area contributed by atoms with Crippen LogP contribution in [0.5, 0.6) is 0 Å². The number of carbonyl (C=O) groups is 2. The molecule has 25 heavy (non-hydrogen) atoms. The summed E-state index contributed by atoms with van der Waals surface area (Å²) >= 11 is 0. The zero-order valence-electron chi connectivity index (χ0n) is 14.2. The summed E-state index contributed by atoms with van der Waals surface area (Å²) in [6, 6.07) is 5.82. The van der Waals surface area contributed by atoms with Gasteiger partial charge in [-0.1, -0.05) is 0 Å². The number of Topliss-reactive ketones (excluding diaryl/α,β-unsaturated/α-hetero) is 1. The highest BCUT2D eigenvalue weighted by Crippen LogP contribution is 2.14. The van der Waals surface area contributed by atoms with Crippen LogP contribution in [-0.2, 0) is 24.3 Å². The van der Waals surface area contributed by atoms with Gasteiger partial charge in [0.2, 0.25) is 15.9 Å². The van der Waals surface area contributed by atoms with Crippen LogP contribution < -0.4 is 10.0 Å². The van der Waals surface area contributed by atoms with E-state index >= 15 is 0 Å². The lowest BCUT2D eigenvalue weighted by Crippen LogP contribution is -2.41. The normalized spacial score (nSPS) is 15.7. The minimum atomic E-state index is -3.60. The second-order valence-corrected chi connectivity index (χ2v) is 7.57. The molecule has 0 saturated carbocycles. The smallest absolute Gasteiger partial charge is 0.240 e. The molecule has 2 N–H and O–H groups in total. The molecule has 0 spiro atoms. The van der Waals surface area contributed by atoms with Crippen LogP contribution >= 0.6 is 0 Å². The second kappa shape index (κ2) is 9.04. The summed E-state index contributed by atoms with van der Waals surface area (Å²) in [5.74, 6) is -0.659. The molecule has 138 valence electrons. The molecule has 1 aliphatic heterocycles. The molecule has 0 aromatic heterocycles. The SMILES string of the molecule is CC(=O)CC(=O)Nc1ccc(S(=O)(=O)NCCN2CCOCC2)cc1. The Morgan fingerprint density at radius 2 is 1.80 bits per heavy atom. The van der Waals surface area contributed by atoms with Crippen molar-refractivity contribution in [3.05, 3.63) is 24.3 Å². The summed E-state index contributed by atoms with van der Waals surface area (Å²) in [5, 5.41) is 2.54. The van der Waals surface area contributed by atoms with E-state index in [0.29, 0.717) is 32.0 Å². The van der Waals surface area contributed by atoms with Crippen LogP contribution in [0.25, 0.3) is 0 Å². The number of ketones is 1. The van der Waals surface area contributed by atoms with Gasteiger partial charge in [0.05, 0.1) is 24.5 Å². The third-order valence-corrected chi connectivity index (χ3v) is 5.16. The number of rotatable bonds is 8. The van der Waals surface area contributed by atoms with Gasteiger partial charge in [-0.05, 0) is 31.2 Å². The van der Waals surface area contributed by atoms with Crippen LogP contribution in [-0.4, -0.2) is 64.4 Å². The van der Waals surface area contributed by atoms with Crippen LogP contribution in [0.3, 0.4) is 0 Å². The Bertz CT molecular complexity index is 697. The van der Waals surface area contributed by atoms with E-state index in [0.717, 1.165) is 13.1 Å². The van der Waals surface area contributed by atoms with Gasteiger partial charge in [-0.15, -0.1) is 0 Å². The van der Waals surface area contributed by atoms with Gasteiger partial charge in [0.15, 0.2) is 0 Å². The predicted octanol–water partition coefficient (Wildman–Crippen LogP) is 0.215. The molecule has 1 saturated heterocycles. The molecule has 0 radical (unpaired) electrons. The Kier molecular flexibility index (Phi) is 7.06. The van der Waals surface area contributed by atoms with Crippen LogP contribution in [0.2, 0.25) is 0 Å². The minimum absolute atomic E-state index is 0.124. The van der Waals surface area contributed by atoms with E-state index in [1.807, 2.05) is 0 Å². The fourth-order valence-corrected chi connectivity index (χ4v) is 3.42. The Morgan fingerprint density at radius 3 is 2.40 bits per heavy atom. The van der Waals surface area contributed by atoms with Gasteiger partial charge in [-0.25, -0.2) is 13.1 Å². The summed E-state index contributed by atoms with van der Waals surface area (Å²) in [6.07, 6.45) is -0.205. The number of morpholine rings is 1. The number of ether oxygens (including phenoxy) is 1. The molecule has 1 amide bonds. The largest absolute Gasteiger partial charge is 0.379 e. The number of carbonyl (C=O) groups excluding carboxylic acids is 2. The molecular formula is C16H23N3O5S. The highest BCUT2D eigenvalue weighted by molar-refractivity contribution is 7.89. The molecule has 0 atom stereocenters. The highest BCUT2D eigenvalue weighted by Gasteiger charge is 2.15. The Hall–Kier alpha value is -1.81. The van der Waals surface area contributed by atoms with Crippen molar-refractivity contribution < 1.29 is 22.7 Å². The third kappa shape index (κ3) is 6.54. The lowest BCUT2D eigenvalue weighted by Gasteiger charge is -2.26. The van der Waals surface area contributed by atoms with E-state index < -0.39 is 15.9 Å². The van der Waals surface area contributed by atoms with Gasteiger partial charge in [0, 0.05) is 31.9 Å². The molecule has 0 aliphatic carbocycles. The second-order valence-electron chi connectivity index (χ2n) is 5.80. The standard InChI is InChI=1S/C16H23N3O5S/c1-13(20)12-16(21)18-14-2-4-15(5-3-14)25(22,23)17-6-7-19-8-10-24-11-9-19/h2-5,17H,6-12H2,1H3,(H,18,21). The van der Waals surface area contributed by atoms with Gasteiger partial charge in [-0.3, -0.25) is 14.5 Å². The van der Waals surface area contributed by atoms with Crippen molar-refractivity contribution in [2.45, 2.75) is 18.2 Å². The number of hydrogen-bond donors (Lipinski definition) is 2. The number of nitrogens with one attached hydrogen (secondary N) is 2. The molecule has 1 heterocycles. The first kappa shape index (κ1) is 19.5. The molecule has 1 aliphatic rings. The Balaban J connectivity index is 1.86. The Morgan fingerprint density at radius 1 is 1.16 bits per heavy atom. The van der Waals surface area contributed by atoms with Gasteiger partial charge in [0.25, 0.3) is 0 Å². The van der Waals surface area contributed by atoms with E-state index in [9.17, 15) is 18.0 Å². The van der Waals surface area contributed by atoms with Crippen LogP contribution in [0, 0.1) is 0 Å². The van der Waals surface area contributed by atoms with Crippen LogP contribution in [0.15, 0.2) is 29.2 Å². The van der Waals surface area contributed by atoms with Gasteiger partial charge in [-0.2, -0.15) is 0 Å². The quantitative estimate of drug-likeness (QED) is 0.635. The van der Waals surface area contributed by atoms with Crippen molar-refractivity contribution in [1.82, 2.24) is 9.62 Å². The summed E-state index contributed by atoms with van der Waals surface area (Å²) < 4.78 is 32.3. The fraction of sp³-hybridized carbons (Fsp3) is 0.500. The lowest BCUT2D eigenvalue weighted by molar-refractivity contribution is -0.124. The maximum absolute atomic E-state index is 12.3. The summed E-state index contributed by atoms with van der Waals surface area (Å²) in [4.78, 5) is 24.7. The van der Waals surface area contributed by atoms with Crippen molar-refractivity contribution in [1.29, 1.82) is 0 Å². The van der Waals surface area contributed by atoms with Crippen molar-refractivity contribution in [3.63, 3.8) is 0 Å². The van der Waals surface area contributed by atoms with E-state index in [1.54, 1.807) is 0 Å². The Labute approximate surface area is 147 Å². The summed E-state index contributed by atoms with van der Waals surface area (Å²) in [6.45, 7) is 5.22. The average molecular weight is 369 g/mol. The third-order valence-electron chi connectivity index (χ3n) is 3.68. The molecule has 1 aromatic rings. The van der Waals surface area contributed by atoms with E-state index in [4.69, 9.17) is 4.74 Å². The average Bonchev–Trinajstić information content (AvgIpc) is 2.55. The fourth-order valence-electron chi connectivity index (χ4n) is 2.39. The van der Waals surface area contributed by atoms with Crippen molar-refractivity contribution >= 4 is 27.4 Å². The van der Waals surface area contributed by atoms with Crippen molar-refractivity contribution in [3.8, 4) is 0 Å². The van der Waals surface area contributed by atoms with E-state index in [2.05, 4.69) is 14.9 Å². The topological polar surface area (TPSA) is 105 Å². The lowest BCUT2D eigenvalue weighted by atomic mass is 10.2. The van der Waals surface area contributed by atoms with Gasteiger partial charge in [0.1, 0.15) is 5.78 Å². The summed E-state index contributed by atoms with van der Waals surface area (Å²) in [5.41, 5.74) is 0.443. The maximum Gasteiger partial charge on any atom is 0.240 e. The van der Waals surface area contributed by atoms with Gasteiger partial charge < -0.3 is 10.1 Å². The van der Waals surface area contributed by atoms with Crippen molar-refractivity contribution in [2.75, 3.05) is 44.7 Å². The number of anilines is 1. The number of hydrogen-bond acceptors (Lipinski definition) is 6. The molecule has 8 nitrogen and oxygen atoms in total. The molecule has 1 aromatic carbocycles. The minimum Gasteiger partial charge on any atom is -0.379 e. The van der Waals surface area contributed by atoms with E-state index in [1.165, 1.54) is 31.2 Å². The zero-order chi connectivity index (χ0) is 18.3. The molecule has 2 rings (SSSR count). The predicted molar refractivity (Wildman–Crippen MR) is 92.8 cm³/mol. The first-order valence-corrected chi connectivity index (χ1v) is 9.54. The maximum atomic E-state index is 12.3. The molecular weight excluding hydrogens is 346 g/mol. The first-order chi connectivity index (χ1) is 11.9. The number of amides is 1.